The first kappa shape index (κ1) is 28.1. The number of anilines is 1. The molecule has 2 amide bonds. The third-order valence-electron chi connectivity index (χ3n) is 7.59. The normalized spacial score (nSPS) is 16.7. The summed E-state index contributed by atoms with van der Waals surface area (Å²) in [5.74, 6) is -0.438. The SMILES string of the molecule is CC(=O)N1CCC(Nc2cc(CN3CCOCC3)cc3c(=O)c(C(=O)NCc4ccc(Cl)cc4)nn(C)c23)CC1. The lowest BCUT2D eigenvalue weighted by molar-refractivity contribution is -0.129. The second kappa shape index (κ2) is 12.4. The zero-order chi connectivity index (χ0) is 28.2. The van der Waals surface area contributed by atoms with E-state index in [0.717, 1.165) is 42.7 Å². The Kier molecular flexibility index (Phi) is 8.68. The molecule has 11 heteroatoms. The number of aromatic nitrogens is 2. The van der Waals surface area contributed by atoms with E-state index in [2.05, 4.69) is 26.7 Å². The second-order valence-electron chi connectivity index (χ2n) is 10.5. The Hall–Kier alpha value is -3.47. The van der Waals surface area contributed by atoms with E-state index in [4.69, 9.17) is 16.3 Å². The van der Waals surface area contributed by atoms with Crippen molar-refractivity contribution in [3.05, 3.63) is 68.5 Å². The standard InChI is InChI=1S/C29H35ClN6O4/c1-19(37)36-9-7-23(8-10-36)32-25-16-21(18-35-11-13-40-14-12-35)15-24-27(25)34(2)33-26(28(24)38)29(39)31-17-20-3-5-22(30)6-4-20/h3-6,15-16,23,32H,7-14,17-18H2,1-2H3,(H,31,39). The summed E-state index contributed by atoms with van der Waals surface area (Å²) in [5.41, 5.74) is 2.76. The second-order valence-corrected chi connectivity index (χ2v) is 10.9. The summed E-state index contributed by atoms with van der Waals surface area (Å²) in [6.07, 6.45) is 1.61. The fourth-order valence-corrected chi connectivity index (χ4v) is 5.51. The number of benzene rings is 2. The van der Waals surface area contributed by atoms with Crippen molar-refractivity contribution in [3.63, 3.8) is 0 Å². The summed E-state index contributed by atoms with van der Waals surface area (Å²) in [7, 11) is 1.75. The van der Waals surface area contributed by atoms with Crippen molar-refractivity contribution >= 4 is 40.0 Å². The van der Waals surface area contributed by atoms with Crippen molar-refractivity contribution in [3.8, 4) is 0 Å². The van der Waals surface area contributed by atoms with Crippen LogP contribution < -0.4 is 16.1 Å². The molecule has 3 aromatic rings. The average Bonchev–Trinajstić information content (AvgIpc) is 2.95. The predicted molar refractivity (Wildman–Crippen MR) is 155 cm³/mol. The van der Waals surface area contributed by atoms with E-state index in [0.29, 0.717) is 48.8 Å². The molecule has 2 N–H and O–H groups in total. The van der Waals surface area contributed by atoms with Gasteiger partial charge in [0.1, 0.15) is 0 Å². The molecule has 0 aliphatic carbocycles. The maximum absolute atomic E-state index is 13.7. The predicted octanol–water partition coefficient (Wildman–Crippen LogP) is 2.77. The van der Waals surface area contributed by atoms with E-state index in [1.165, 1.54) is 0 Å². The molecule has 0 unspecified atom stereocenters. The first-order valence-corrected chi connectivity index (χ1v) is 14.0. The number of carbonyl (C=O) groups is 2. The number of nitrogens with zero attached hydrogens (tertiary/aromatic N) is 4. The van der Waals surface area contributed by atoms with Crippen LogP contribution in [0.5, 0.6) is 0 Å². The van der Waals surface area contributed by atoms with Crippen LogP contribution in [0.1, 0.15) is 41.4 Å². The van der Waals surface area contributed by atoms with Gasteiger partial charge in [0.15, 0.2) is 5.69 Å². The van der Waals surface area contributed by atoms with E-state index >= 15 is 0 Å². The molecule has 1 aromatic heterocycles. The number of amides is 2. The summed E-state index contributed by atoms with van der Waals surface area (Å²) >= 11 is 5.96. The van der Waals surface area contributed by atoms with Crippen molar-refractivity contribution in [2.24, 2.45) is 7.05 Å². The number of aryl methyl sites for hydroxylation is 1. The lowest BCUT2D eigenvalue weighted by Crippen LogP contribution is -2.41. The number of likely N-dealkylation sites (tertiary alicyclic amines) is 1. The van der Waals surface area contributed by atoms with Gasteiger partial charge in [0, 0.05) is 64.3 Å². The van der Waals surface area contributed by atoms with Crippen LogP contribution in [0.3, 0.4) is 0 Å². The molecule has 10 nitrogen and oxygen atoms in total. The third-order valence-corrected chi connectivity index (χ3v) is 7.85. The van der Waals surface area contributed by atoms with E-state index in [1.807, 2.05) is 23.1 Å². The average molecular weight is 567 g/mol. The molecule has 40 heavy (non-hydrogen) atoms. The number of hydrogen-bond acceptors (Lipinski definition) is 7. The summed E-state index contributed by atoms with van der Waals surface area (Å²) in [6.45, 7) is 6.88. The Labute approximate surface area is 238 Å². The fourth-order valence-electron chi connectivity index (χ4n) is 5.38. The van der Waals surface area contributed by atoms with Gasteiger partial charge < -0.3 is 20.3 Å². The number of piperidine rings is 1. The number of ether oxygens (including phenoxy) is 1. The van der Waals surface area contributed by atoms with E-state index < -0.39 is 11.3 Å². The number of morpholine rings is 1. The van der Waals surface area contributed by atoms with Crippen molar-refractivity contribution in [2.45, 2.75) is 38.9 Å². The van der Waals surface area contributed by atoms with Crippen LogP contribution in [0.4, 0.5) is 5.69 Å². The van der Waals surface area contributed by atoms with Gasteiger partial charge in [-0.2, -0.15) is 5.10 Å². The van der Waals surface area contributed by atoms with Crippen LogP contribution >= 0.6 is 11.6 Å². The maximum Gasteiger partial charge on any atom is 0.276 e. The van der Waals surface area contributed by atoms with Gasteiger partial charge in [-0.1, -0.05) is 23.7 Å². The Bertz CT molecular complexity index is 1440. The van der Waals surface area contributed by atoms with Gasteiger partial charge in [-0.25, -0.2) is 0 Å². The highest BCUT2D eigenvalue weighted by atomic mass is 35.5. The number of carbonyl (C=O) groups excluding carboxylic acids is 2. The highest BCUT2D eigenvalue weighted by Crippen LogP contribution is 2.27. The zero-order valence-electron chi connectivity index (χ0n) is 22.9. The van der Waals surface area contributed by atoms with Gasteiger partial charge in [0.05, 0.1) is 29.8 Å². The summed E-state index contributed by atoms with van der Waals surface area (Å²) in [4.78, 5) is 42.8. The first-order chi connectivity index (χ1) is 19.3. The molecular weight excluding hydrogens is 532 g/mol. The molecule has 0 spiro atoms. The van der Waals surface area contributed by atoms with Crippen molar-refractivity contribution in [2.75, 3.05) is 44.7 Å². The third kappa shape index (κ3) is 6.46. The smallest absolute Gasteiger partial charge is 0.276 e. The molecule has 2 aromatic carbocycles. The van der Waals surface area contributed by atoms with E-state index in [1.54, 1.807) is 30.8 Å². The first-order valence-electron chi connectivity index (χ1n) is 13.7. The topological polar surface area (TPSA) is 109 Å². The highest BCUT2D eigenvalue weighted by molar-refractivity contribution is 6.30. The molecule has 0 atom stereocenters. The Morgan fingerprint density at radius 1 is 1.05 bits per heavy atom. The summed E-state index contributed by atoms with van der Waals surface area (Å²) in [6, 6.07) is 11.3. The number of hydrogen-bond donors (Lipinski definition) is 2. The Morgan fingerprint density at radius 3 is 2.42 bits per heavy atom. The molecular formula is C29H35ClN6O4. The number of rotatable bonds is 7. The van der Waals surface area contributed by atoms with Crippen LogP contribution in [0, 0.1) is 0 Å². The zero-order valence-corrected chi connectivity index (χ0v) is 23.7. The molecule has 0 radical (unpaired) electrons. The molecule has 2 aliphatic heterocycles. The number of nitrogens with one attached hydrogen (secondary N) is 2. The molecule has 2 saturated heterocycles. The van der Waals surface area contributed by atoms with Gasteiger partial charge in [-0.15, -0.1) is 0 Å². The minimum absolute atomic E-state index is 0.0878. The molecule has 5 rings (SSSR count). The van der Waals surface area contributed by atoms with Crippen LogP contribution in [-0.2, 0) is 29.7 Å². The fraction of sp³-hybridized carbons (Fsp3) is 0.448. The largest absolute Gasteiger partial charge is 0.380 e. The molecule has 3 heterocycles. The van der Waals surface area contributed by atoms with Crippen LogP contribution in [-0.4, -0.2) is 76.8 Å². The number of fused-ring (bicyclic) bond motifs is 1. The molecule has 2 fully saturated rings. The number of halogens is 1. The molecule has 212 valence electrons. The van der Waals surface area contributed by atoms with E-state index in [9.17, 15) is 14.4 Å². The highest BCUT2D eigenvalue weighted by Gasteiger charge is 2.24. The lowest BCUT2D eigenvalue weighted by atomic mass is 10.0. The van der Waals surface area contributed by atoms with Crippen LogP contribution in [0.25, 0.3) is 10.9 Å². The van der Waals surface area contributed by atoms with Gasteiger partial charge in [-0.3, -0.25) is 24.0 Å². The van der Waals surface area contributed by atoms with E-state index in [-0.39, 0.29) is 24.2 Å². The van der Waals surface area contributed by atoms with Crippen molar-refractivity contribution in [1.29, 1.82) is 0 Å². The van der Waals surface area contributed by atoms with Gasteiger partial charge >= 0.3 is 0 Å². The Morgan fingerprint density at radius 2 is 1.75 bits per heavy atom. The van der Waals surface area contributed by atoms with Crippen molar-refractivity contribution < 1.29 is 14.3 Å². The van der Waals surface area contributed by atoms with Gasteiger partial charge in [-0.05, 0) is 48.2 Å². The van der Waals surface area contributed by atoms with Crippen LogP contribution in [0.15, 0.2) is 41.2 Å². The molecule has 0 bridgehead atoms. The monoisotopic (exact) mass is 566 g/mol. The minimum Gasteiger partial charge on any atom is -0.380 e. The minimum atomic E-state index is -0.526. The van der Waals surface area contributed by atoms with Crippen molar-refractivity contribution in [1.82, 2.24) is 24.9 Å². The van der Waals surface area contributed by atoms with Gasteiger partial charge in [0.25, 0.3) is 5.91 Å². The quantitative estimate of drug-likeness (QED) is 0.453. The summed E-state index contributed by atoms with van der Waals surface area (Å²) in [5, 5.41) is 11.9. The van der Waals surface area contributed by atoms with Gasteiger partial charge in [0.2, 0.25) is 11.3 Å². The maximum atomic E-state index is 13.7. The lowest BCUT2D eigenvalue weighted by Gasteiger charge is -2.33. The summed E-state index contributed by atoms with van der Waals surface area (Å²) < 4.78 is 7.11. The Balaban J connectivity index is 1.46. The van der Waals surface area contributed by atoms with Crippen LogP contribution in [0.2, 0.25) is 5.02 Å². The molecule has 0 saturated carbocycles. The molecule has 2 aliphatic rings.